The van der Waals surface area contributed by atoms with E-state index >= 15 is 0 Å². The lowest BCUT2D eigenvalue weighted by molar-refractivity contribution is 0.590. The second kappa shape index (κ2) is 5.36. The first-order valence-corrected chi connectivity index (χ1v) is 7.34. The molecule has 6 heteroatoms. The summed E-state index contributed by atoms with van der Waals surface area (Å²) in [7, 11) is -3.11. The molecule has 0 aliphatic heterocycles. The van der Waals surface area contributed by atoms with Crippen molar-refractivity contribution in [2.24, 2.45) is 5.73 Å². The number of halogens is 2. The summed E-state index contributed by atoms with van der Waals surface area (Å²) in [6, 6.07) is 4.23. The lowest BCUT2D eigenvalue weighted by atomic mass is 10.1. The van der Waals surface area contributed by atoms with Gasteiger partial charge in [0.25, 0.3) is 0 Å². The summed E-state index contributed by atoms with van der Waals surface area (Å²) < 4.78 is 22.8. The van der Waals surface area contributed by atoms with Crippen LogP contribution in [0.25, 0.3) is 0 Å². The highest BCUT2D eigenvalue weighted by atomic mass is 35.5. The van der Waals surface area contributed by atoms with Crippen LogP contribution in [0.3, 0.4) is 0 Å². The molecule has 0 radical (unpaired) electrons. The molecule has 0 bridgehead atoms. The molecule has 16 heavy (non-hydrogen) atoms. The Kier molecular flexibility index (Phi) is 4.62. The van der Waals surface area contributed by atoms with Gasteiger partial charge in [-0.15, -0.1) is 0 Å². The molecular weight excluding hydrogens is 269 g/mol. The van der Waals surface area contributed by atoms with Gasteiger partial charge in [0.2, 0.25) is 0 Å². The number of hydrogen-bond acceptors (Lipinski definition) is 3. The van der Waals surface area contributed by atoms with Crippen LogP contribution in [0.15, 0.2) is 18.2 Å². The predicted octanol–water partition coefficient (Wildman–Crippen LogP) is 2.43. The highest BCUT2D eigenvalue weighted by molar-refractivity contribution is 7.91. The Morgan fingerprint density at radius 3 is 2.50 bits per heavy atom. The van der Waals surface area contributed by atoms with Gasteiger partial charge in [0.1, 0.15) is 0 Å². The Morgan fingerprint density at radius 1 is 1.38 bits per heavy atom. The molecule has 1 atom stereocenters. The molecular formula is C10H13Cl2NO2S. The van der Waals surface area contributed by atoms with Crippen molar-refractivity contribution in [3.63, 3.8) is 0 Å². The van der Waals surface area contributed by atoms with E-state index in [0.29, 0.717) is 15.6 Å². The molecule has 2 N–H and O–H groups in total. The third kappa shape index (κ3) is 3.63. The van der Waals surface area contributed by atoms with Crippen LogP contribution >= 0.6 is 23.2 Å². The van der Waals surface area contributed by atoms with Crippen molar-refractivity contribution in [3.8, 4) is 0 Å². The molecule has 3 nitrogen and oxygen atoms in total. The minimum atomic E-state index is -3.11. The Bertz CT molecular complexity index is 474. The highest BCUT2D eigenvalue weighted by Gasteiger charge is 2.17. The third-order valence-corrected chi connectivity index (χ3v) is 4.54. The van der Waals surface area contributed by atoms with Gasteiger partial charge in [-0.25, -0.2) is 8.42 Å². The van der Waals surface area contributed by atoms with E-state index in [-0.39, 0.29) is 11.5 Å². The Morgan fingerprint density at radius 2 is 2.00 bits per heavy atom. The van der Waals surface area contributed by atoms with Crippen molar-refractivity contribution in [2.45, 2.75) is 13.0 Å². The van der Waals surface area contributed by atoms with E-state index in [4.69, 9.17) is 28.9 Å². The molecule has 0 aliphatic carbocycles. The van der Waals surface area contributed by atoms with Gasteiger partial charge in [0, 0.05) is 21.8 Å². The Labute approximate surface area is 105 Å². The maximum atomic E-state index is 11.4. The van der Waals surface area contributed by atoms with Crippen LogP contribution in [0, 0.1) is 0 Å². The maximum absolute atomic E-state index is 11.4. The molecule has 0 fully saturated rings. The van der Waals surface area contributed by atoms with Crippen LogP contribution in [0.1, 0.15) is 18.5 Å². The van der Waals surface area contributed by atoms with Crippen LogP contribution in [0.5, 0.6) is 0 Å². The predicted molar refractivity (Wildman–Crippen MR) is 67.7 cm³/mol. The summed E-state index contributed by atoms with van der Waals surface area (Å²) >= 11 is 11.7. The third-order valence-electron chi connectivity index (χ3n) is 2.24. The topological polar surface area (TPSA) is 60.2 Å². The molecule has 0 aromatic heterocycles. The van der Waals surface area contributed by atoms with Crippen LogP contribution in [-0.4, -0.2) is 19.9 Å². The van der Waals surface area contributed by atoms with E-state index in [2.05, 4.69) is 0 Å². The number of nitrogens with two attached hydrogens (primary N) is 1. The fourth-order valence-corrected chi connectivity index (χ4v) is 2.79. The van der Waals surface area contributed by atoms with Crippen LogP contribution < -0.4 is 5.73 Å². The maximum Gasteiger partial charge on any atom is 0.151 e. The smallest absolute Gasteiger partial charge is 0.151 e. The zero-order valence-corrected chi connectivity index (χ0v) is 11.1. The number of rotatable bonds is 4. The first kappa shape index (κ1) is 13.8. The fourth-order valence-electron chi connectivity index (χ4n) is 1.28. The van der Waals surface area contributed by atoms with Crippen LogP contribution in [0.4, 0.5) is 0 Å². The first-order valence-electron chi connectivity index (χ1n) is 4.76. The minimum absolute atomic E-state index is 0.0753. The van der Waals surface area contributed by atoms with Gasteiger partial charge in [-0.05, 0) is 17.7 Å². The van der Waals surface area contributed by atoms with Gasteiger partial charge in [-0.2, -0.15) is 0 Å². The van der Waals surface area contributed by atoms with E-state index in [1.165, 1.54) is 0 Å². The van der Waals surface area contributed by atoms with E-state index in [0.717, 1.165) is 0 Å². The summed E-state index contributed by atoms with van der Waals surface area (Å²) in [5, 5.41) is 0.894. The molecule has 1 rings (SSSR count). The average Bonchev–Trinajstić information content (AvgIpc) is 2.16. The van der Waals surface area contributed by atoms with E-state index in [1.54, 1.807) is 25.1 Å². The van der Waals surface area contributed by atoms with E-state index in [9.17, 15) is 8.42 Å². The minimum Gasteiger partial charge on any atom is -0.323 e. The molecule has 0 spiro atoms. The van der Waals surface area contributed by atoms with Crippen molar-refractivity contribution in [3.05, 3.63) is 33.8 Å². The second-order valence-electron chi connectivity index (χ2n) is 3.47. The molecule has 90 valence electrons. The van der Waals surface area contributed by atoms with Gasteiger partial charge < -0.3 is 5.73 Å². The summed E-state index contributed by atoms with van der Waals surface area (Å²) in [5.41, 5.74) is 6.40. The number of benzene rings is 1. The Balaban J connectivity index is 2.93. The molecule has 1 aromatic rings. The van der Waals surface area contributed by atoms with Crippen molar-refractivity contribution < 1.29 is 8.42 Å². The Hall–Kier alpha value is -0.290. The zero-order valence-electron chi connectivity index (χ0n) is 8.78. The normalized spacial score (nSPS) is 13.8. The molecule has 0 saturated heterocycles. The van der Waals surface area contributed by atoms with E-state index < -0.39 is 15.9 Å². The SMILES string of the molecule is CCS(=O)(=O)C[C@@H](N)c1ccc(Cl)cc1Cl. The van der Waals surface area contributed by atoms with Crippen molar-refractivity contribution in [1.29, 1.82) is 0 Å². The molecule has 0 saturated carbocycles. The lowest BCUT2D eigenvalue weighted by Gasteiger charge is -2.13. The van der Waals surface area contributed by atoms with Crippen LogP contribution in [0.2, 0.25) is 10.0 Å². The van der Waals surface area contributed by atoms with Crippen molar-refractivity contribution in [1.82, 2.24) is 0 Å². The summed E-state index contributed by atoms with van der Waals surface area (Å²) in [6.45, 7) is 1.59. The molecule has 0 heterocycles. The first-order chi connectivity index (χ1) is 7.35. The van der Waals surface area contributed by atoms with Gasteiger partial charge in [0.15, 0.2) is 9.84 Å². The summed E-state index contributed by atoms with van der Waals surface area (Å²) in [5.74, 6) is -0.0310. The van der Waals surface area contributed by atoms with Crippen LogP contribution in [-0.2, 0) is 9.84 Å². The zero-order chi connectivity index (χ0) is 12.3. The average molecular weight is 282 g/mol. The fraction of sp³-hybridized carbons (Fsp3) is 0.400. The van der Waals surface area contributed by atoms with Gasteiger partial charge >= 0.3 is 0 Å². The van der Waals surface area contributed by atoms with Gasteiger partial charge in [-0.3, -0.25) is 0 Å². The van der Waals surface area contributed by atoms with Gasteiger partial charge in [-0.1, -0.05) is 36.2 Å². The van der Waals surface area contributed by atoms with Crippen molar-refractivity contribution in [2.75, 3.05) is 11.5 Å². The van der Waals surface area contributed by atoms with Crippen molar-refractivity contribution >= 4 is 33.0 Å². The molecule has 0 unspecified atom stereocenters. The van der Waals surface area contributed by atoms with Gasteiger partial charge in [0.05, 0.1) is 5.75 Å². The largest absolute Gasteiger partial charge is 0.323 e. The highest BCUT2D eigenvalue weighted by Crippen LogP contribution is 2.25. The van der Waals surface area contributed by atoms with E-state index in [1.807, 2.05) is 0 Å². The lowest BCUT2D eigenvalue weighted by Crippen LogP contribution is -2.23. The number of hydrogen-bond donors (Lipinski definition) is 1. The standard InChI is InChI=1S/C10H13Cl2NO2S/c1-2-16(14,15)6-10(13)8-4-3-7(11)5-9(8)12/h3-5,10H,2,6,13H2,1H3/t10-/m1/s1. The summed E-state index contributed by atoms with van der Waals surface area (Å²) in [4.78, 5) is 0. The summed E-state index contributed by atoms with van der Waals surface area (Å²) in [6.07, 6.45) is 0. The molecule has 0 aliphatic rings. The molecule has 0 amide bonds. The second-order valence-corrected chi connectivity index (χ2v) is 6.71. The number of sulfone groups is 1. The molecule has 1 aromatic carbocycles. The quantitative estimate of drug-likeness (QED) is 0.922. The monoisotopic (exact) mass is 281 g/mol.